The van der Waals surface area contributed by atoms with Gasteiger partial charge in [0, 0.05) is 19.1 Å². The van der Waals surface area contributed by atoms with Gasteiger partial charge in [0.15, 0.2) is 0 Å². The quantitative estimate of drug-likeness (QED) is 0.680. The first-order valence-electron chi connectivity index (χ1n) is 9.69. The minimum atomic E-state index is -0.481. The summed E-state index contributed by atoms with van der Waals surface area (Å²) in [4.78, 5) is 38.9. The van der Waals surface area contributed by atoms with E-state index < -0.39 is 5.66 Å². The summed E-state index contributed by atoms with van der Waals surface area (Å²) < 4.78 is 0. The van der Waals surface area contributed by atoms with E-state index >= 15 is 0 Å². The highest BCUT2D eigenvalue weighted by molar-refractivity contribution is 7.20. The number of fused-ring (bicyclic) bond motifs is 1. The lowest BCUT2D eigenvalue weighted by Gasteiger charge is -2.46. The Kier molecular flexibility index (Phi) is 3.33. The number of thiophene rings is 1. The number of nitrogens with one attached hydrogen (secondary N) is 2. The maximum Gasteiger partial charge on any atom is 0.270 e. The van der Waals surface area contributed by atoms with Gasteiger partial charge in [-0.3, -0.25) is 9.59 Å². The molecule has 6 heterocycles. The van der Waals surface area contributed by atoms with Crippen LogP contribution in [0, 0.1) is 0 Å². The molecule has 30 heavy (non-hydrogen) atoms. The van der Waals surface area contributed by atoms with Crippen LogP contribution in [0.2, 0.25) is 0 Å². The van der Waals surface area contributed by atoms with Gasteiger partial charge in [0.05, 0.1) is 21.7 Å². The minimum Gasteiger partial charge on any atom is -0.338 e. The topological polar surface area (TPSA) is 116 Å². The fourth-order valence-electron chi connectivity index (χ4n) is 4.45. The first-order valence-corrected chi connectivity index (χ1v) is 10.5. The van der Waals surface area contributed by atoms with Crippen molar-refractivity contribution in [2.75, 3.05) is 18.4 Å². The van der Waals surface area contributed by atoms with E-state index in [-0.39, 0.29) is 17.9 Å². The third-order valence-corrected chi connectivity index (χ3v) is 6.96. The molecule has 2 saturated heterocycles. The first-order chi connectivity index (χ1) is 14.3. The molecule has 9 nitrogen and oxygen atoms in total. The van der Waals surface area contributed by atoms with Crippen LogP contribution in [0.5, 0.6) is 0 Å². The number of allylic oxidation sites excluding steroid dienone is 2. The molecular weight excluding hydrogens is 402 g/mol. The third-order valence-electron chi connectivity index (χ3n) is 5.93. The molecule has 4 N–H and O–H groups in total. The highest BCUT2D eigenvalue weighted by atomic mass is 32.1. The average Bonchev–Trinajstić information content (AvgIpc) is 3.19. The molecule has 2 fully saturated rings. The van der Waals surface area contributed by atoms with E-state index in [4.69, 9.17) is 5.73 Å². The molecule has 0 aromatic carbocycles. The summed E-state index contributed by atoms with van der Waals surface area (Å²) in [5, 5.41) is 7.19. The number of carbonyl (C=O) groups excluding carboxylic acids is 2. The second-order valence-corrected chi connectivity index (χ2v) is 9.23. The van der Waals surface area contributed by atoms with E-state index in [0.717, 1.165) is 27.2 Å². The zero-order valence-electron chi connectivity index (χ0n) is 16.4. The number of amides is 2. The maximum absolute atomic E-state index is 12.7. The predicted octanol–water partition coefficient (Wildman–Crippen LogP) is 1.10. The molecule has 2 aromatic rings. The Morgan fingerprint density at radius 1 is 1.40 bits per heavy atom. The van der Waals surface area contributed by atoms with Crippen molar-refractivity contribution in [1.82, 2.24) is 25.1 Å². The van der Waals surface area contributed by atoms with Gasteiger partial charge in [-0.05, 0) is 37.6 Å². The van der Waals surface area contributed by atoms with E-state index in [1.165, 1.54) is 17.7 Å². The van der Waals surface area contributed by atoms with Gasteiger partial charge >= 0.3 is 0 Å². The maximum atomic E-state index is 12.7. The SMILES string of the molecule is CC1=C2C(=O)NC3(C)C=C(C(Nc4ncnc5sc(C(=O)N6CC(N)C6)cc45)=C1)N23. The zero-order chi connectivity index (χ0) is 20.8. The number of nitrogens with zero attached hydrogens (tertiary/aromatic N) is 4. The van der Waals surface area contributed by atoms with Crippen molar-refractivity contribution in [3.63, 3.8) is 0 Å². The Bertz CT molecular complexity index is 1250. The molecular formula is C20H19N7O2S. The Morgan fingerprint density at radius 2 is 2.20 bits per heavy atom. The molecule has 4 aliphatic heterocycles. The smallest absolute Gasteiger partial charge is 0.270 e. The van der Waals surface area contributed by atoms with Gasteiger partial charge in [-0.15, -0.1) is 11.3 Å². The van der Waals surface area contributed by atoms with Crippen LogP contribution in [0.15, 0.2) is 47.2 Å². The van der Waals surface area contributed by atoms with Crippen LogP contribution in [0.4, 0.5) is 5.82 Å². The van der Waals surface area contributed by atoms with Crippen molar-refractivity contribution in [2.45, 2.75) is 25.6 Å². The number of rotatable bonds is 3. The Balaban J connectivity index is 1.36. The van der Waals surface area contributed by atoms with Crippen LogP contribution in [-0.2, 0) is 4.79 Å². The van der Waals surface area contributed by atoms with Crippen molar-refractivity contribution < 1.29 is 9.59 Å². The molecule has 0 aliphatic carbocycles. The Hall–Kier alpha value is -3.24. The molecule has 10 heteroatoms. The second-order valence-electron chi connectivity index (χ2n) is 8.20. The van der Waals surface area contributed by atoms with Gasteiger partial charge in [0.1, 0.15) is 28.3 Å². The van der Waals surface area contributed by atoms with Gasteiger partial charge in [-0.1, -0.05) is 0 Å². The van der Waals surface area contributed by atoms with Gasteiger partial charge in [0.25, 0.3) is 11.8 Å². The number of hydrogen-bond donors (Lipinski definition) is 3. The van der Waals surface area contributed by atoms with Gasteiger partial charge < -0.3 is 26.2 Å². The van der Waals surface area contributed by atoms with Gasteiger partial charge in [-0.2, -0.15) is 0 Å². The molecule has 1 atom stereocenters. The molecule has 0 radical (unpaired) electrons. The molecule has 0 bridgehead atoms. The molecule has 0 spiro atoms. The lowest BCUT2D eigenvalue weighted by Crippen LogP contribution is -2.57. The van der Waals surface area contributed by atoms with Gasteiger partial charge in [-0.25, -0.2) is 9.97 Å². The highest BCUT2D eigenvalue weighted by Crippen LogP contribution is 2.47. The van der Waals surface area contributed by atoms with Crippen LogP contribution in [0.25, 0.3) is 10.2 Å². The van der Waals surface area contributed by atoms with E-state index in [9.17, 15) is 9.59 Å². The molecule has 152 valence electrons. The zero-order valence-corrected chi connectivity index (χ0v) is 17.2. The molecule has 1 unspecified atom stereocenters. The summed E-state index contributed by atoms with van der Waals surface area (Å²) >= 11 is 1.36. The number of likely N-dealkylation sites (tertiary alicyclic amines) is 1. The first kappa shape index (κ1) is 17.6. The fourth-order valence-corrected chi connectivity index (χ4v) is 5.42. The van der Waals surface area contributed by atoms with Crippen LogP contribution in [-0.4, -0.2) is 56.4 Å². The van der Waals surface area contributed by atoms with E-state index in [2.05, 4.69) is 20.6 Å². The summed E-state index contributed by atoms with van der Waals surface area (Å²) in [5.41, 5.74) is 8.69. The standard InChI is InChI=1S/C20H19N7O2S/c1-9-3-12(13-5-20(2)25-17(28)15(9)27(13)20)24-16-11-4-14(30-18(11)23-8-22-16)19(29)26-6-10(21)7-26/h3-5,8,10H,6-7,21H2,1-2H3,(H,25,28)(H,22,23,24). The van der Waals surface area contributed by atoms with Crippen molar-refractivity contribution in [2.24, 2.45) is 5.73 Å². The minimum absolute atomic E-state index is 0.0231. The number of carbonyl (C=O) groups is 2. The van der Waals surface area contributed by atoms with E-state index in [1.54, 1.807) is 4.90 Å². The van der Waals surface area contributed by atoms with Crippen molar-refractivity contribution in [3.05, 3.63) is 52.1 Å². The van der Waals surface area contributed by atoms with E-state index in [1.807, 2.05) is 37.0 Å². The average molecular weight is 421 g/mol. The van der Waals surface area contributed by atoms with Crippen LogP contribution < -0.4 is 16.4 Å². The summed E-state index contributed by atoms with van der Waals surface area (Å²) in [7, 11) is 0. The summed E-state index contributed by atoms with van der Waals surface area (Å²) in [6.45, 7) is 5.06. The monoisotopic (exact) mass is 421 g/mol. The lowest BCUT2D eigenvalue weighted by molar-refractivity contribution is -0.116. The van der Waals surface area contributed by atoms with Crippen molar-refractivity contribution >= 4 is 39.2 Å². The molecule has 4 aliphatic rings. The third kappa shape index (κ3) is 2.25. The molecule has 0 saturated carbocycles. The number of hydrogen-bond acceptors (Lipinski definition) is 8. The fraction of sp³-hybridized carbons (Fsp3) is 0.300. The largest absolute Gasteiger partial charge is 0.338 e. The van der Waals surface area contributed by atoms with Crippen LogP contribution in [0.1, 0.15) is 23.5 Å². The number of anilines is 1. The Labute approximate surface area is 175 Å². The van der Waals surface area contributed by atoms with Crippen molar-refractivity contribution in [1.29, 1.82) is 0 Å². The van der Waals surface area contributed by atoms with Crippen molar-refractivity contribution in [3.8, 4) is 0 Å². The summed E-state index contributed by atoms with van der Waals surface area (Å²) in [5.74, 6) is 0.545. The number of nitrogens with two attached hydrogens (primary N) is 1. The van der Waals surface area contributed by atoms with E-state index in [0.29, 0.717) is 29.5 Å². The summed E-state index contributed by atoms with van der Waals surface area (Å²) in [6, 6.07) is 1.90. The van der Waals surface area contributed by atoms with Gasteiger partial charge in [0.2, 0.25) is 0 Å². The summed E-state index contributed by atoms with van der Waals surface area (Å²) in [6.07, 6.45) is 5.47. The molecule has 2 amide bonds. The normalized spacial score (nSPS) is 24.8. The molecule has 6 rings (SSSR count). The molecule has 2 aromatic heterocycles. The Morgan fingerprint density at radius 3 is 2.97 bits per heavy atom. The van der Waals surface area contributed by atoms with Crippen LogP contribution in [0.3, 0.4) is 0 Å². The predicted molar refractivity (Wildman–Crippen MR) is 112 cm³/mol. The lowest BCUT2D eigenvalue weighted by atomic mass is 9.93. The highest BCUT2D eigenvalue weighted by Gasteiger charge is 2.53. The number of aromatic nitrogens is 2. The van der Waals surface area contributed by atoms with Crippen LogP contribution >= 0.6 is 11.3 Å². The second kappa shape index (κ2) is 5.67.